The SMILES string of the molecule is CCOC(=O)CN1C(=O)C(=Cc2cc(Br)c(O)c(OC)c2)SC1=S. The van der Waals surface area contributed by atoms with E-state index in [0.717, 1.165) is 11.8 Å². The van der Waals surface area contributed by atoms with Gasteiger partial charge in [-0.2, -0.15) is 0 Å². The number of esters is 1. The number of aromatic hydroxyl groups is 1. The molecule has 1 aliphatic heterocycles. The van der Waals surface area contributed by atoms with E-state index in [4.69, 9.17) is 21.7 Å². The molecule has 1 aromatic rings. The first-order valence-electron chi connectivity index (χ1n) is 6.84. The topological polar surface area (TPSA) is 76.1 Å². The first-order chi connectivity index (χ1) is 11.4. The second kappa shape index (κ2) is 8.00. The van der Waals surface area contributed by atoms with E-state index >= 15 is 0 Å². The lowest BCUT2D eigenvalue weighted by atomic mass is 10.2. The zero-order valence-corrected chi connectivity index (χ0v) is 16.1. The van der Waals surface area contributed by atoms with E-state index in [-0.39, 0.29) is 30.6 Å². The highest BCUT2D eigenvalue weighted by Crippen LogP contribution is 2.38. The number of thioether (sulfide) groups is 1. The molecule has 6 nitrogen and oxygen atoms in total. The fourth-order valence-electron chi connectivity index (χ4n) is 1.96. The highest BCUT2D eigenvalue weighted by atomic mass is 79.9. The fraction of sp³-hybridized carbons (Fsp3) is 0.267. The van der Waals surface area contributed by atoms with E-state index in [0.29, 0.717) is 19.3 Å². The van der Waals surface area contributed by atoms with Crippen LogP contribution >= 0.6 is 39.9 Å². The molecule has 128 valence electrons. The van der Waals surface area contributed by atoms with Crippen LogP contribution in [0.5, 0.6) is 11.5 Å². The molecule has 1 amide bonds. The number of carbonyl (C=O) groups is 2. The van der Waals surface area contributed by atoms with E-state index in [1.807, 2.05) is 0 Å². The van der Waals surface area contributed by atoms with E-state index in [1.165, 1.54) is 12.0 Å². The minimum atomic E-state index is -0.510. The van der Waals surface area contributed by atoms with Gasteiger partial charge in [0, 0.05) is 0 Å². The number of rotatable bonds is 5. The highest BCUT2D eigenvalue weighted by Gasteiger charge is 2.33. The Morgan fingerprint density at radius 2 is 2.21 bits per heavy atom. The van der Waals surface area contributed by atoms with Gasteiger partial charge in [-0.1, -0.05) is 24.0 Å². The van der Waals surface area contributed by atoms with Gasteiger partial charge in [-0.25, -0.2) is 0 Å². The van der Waals surface area contributed by atoms with Gasteiger partial charge in [0.05, 0.1) is 23.1 Å². The molecule has 24 heavy (non-hydrogen) atoms. The van der Waals surface area contributed by atoms with Crippen molar-refractivity contribution in [2.45, 2.75) is 6.92 Å². The van der Waals surface area contributed by atoms with Crippen molar-refractivity contribution in [1.82, 2.24) is 4.90 Å². The number of carbonyl (C=O) groups excluding carboxylic acids is 2. The number of methoxy groups -OCH3 is 1. The quantitative estimate of drug-likeness (QED) is 0.436. The number of ether oxygens (including phenoxy) is 2. The molecular formula is C15H14BrNO5S2. The molecule has 1 saturated heterocycles. The van der Waals surface area contributed by atoms with Crippen LogP contribution in [0.15, 0.2) is 21.5 Å². The molecule has 0 unspecified atom stereocenters. The Kier molecular flexibility index (Phi) is 6.25. The van der Waals surface area contributed by atoms with Crippen LogP contribution in [0.4, 0.5) is 0 Å². The maximum Gasteiger partial charge on any atom is 0.326 e. The summed E-state index contributed by atoms with van der Waals surface area (Å²) in [6.45, 7) is 1.72. The van der Waals surface area contributed by atoms with Crippen molar-refractivity contribution in [3.05, 3.63) is 27.1 Å². The Balaban J connectivity index is 2.26. The molecule has 0 aliphatic carbocycles. The number of phenolic OH excluding ortho intramolecular Hbond substituents is 1. The van der Waals surface area contributed by atoms with E-state index < -0.39 is 5.97 Å². The number of phenols is 1. The van der Waals surface area contributed by atoms with Gasteiger partial charge in [-0.05, 0) is 46.6 Å². The minimum Gasteiger partial charge on any atom is -0.503 e. The summed E-state index contributed by atoms with van der Waals surface area (Å²) in [7, 11) is 1.43. The van der Waals surface area contributed by atoms with Gasteiger partial charge < -0.3 is 14.6 Å². The zero-order valence-electron chi connectivity index (χ0n) is 12.9. The Labute approximate surface area is 156 Å². The maximum absolute atomic E-state index is 12.4. The number of amides is 1. The average molecular weight is 432 g/mol. The lowest BCUT2D eigenvalue weighted by molar-refractivity contribution is -0.145. The van der Waals surface area contributed by atoms with Gasteiger partial charge in [0.2, 0.25) is 0 Å². The third kappa shape index (κ3) is 4.08. The van der Waals surface area contributed by atoms with Gasteiger partial charge in [0.15, 0.2) is 11.5 Å². The van der Waals surface area contributed by atoms with Crippen LogP contribution in [-0.4, -0.2) is 46.5 Å². The van der Waals surface area contributed by atoms with Crippen molar-refractivity contribution >= 4 is 62.2 Å². The predicted octanol–water partition coefficient (Wildman–Crippen LogP) is 2.93. The summed E-state index contributed by atoms with van der Waals surface area (Å²) in [4.78, 5) is 25.6. The van der Waals surface area contributed by atoms with Gasteiger partial charge in [-0.3, -0.25) is 14.5 Å². The summed E-state index contributed by atoms with van der Waals surface area (Å²) >= 11 is 9.48. The smallest absolute Gasteiger partial charge is 0.326 e. The van der Waals surface area contributed by atoms with E-state index in [2.05, 4.69) is 15.9 Å². The molecule has 2 rings (SSSR count). The minimum absolute atomic E-state index is 0.0236. The van der Waals surface area contributed by atoms with Gasteiger partial charge in [0.25, 0.3) is 5.91 Å². The second-order valence-corrected chi connectivity index (χ2v) is 7.16. The summed E-state index contributed by atoms with van der Waals surface area (Å²) in [5.41, 5.74) is 0.646. The second-order valence-electron chi connectivity index (χ2n) is 4.63. The van der Waals surface area contributed by atoms with Crippen LogP contribution in [0.2, 0.25) is 0 Å². The monoisotopic (exact) mass is 431 g/mol. The summed E-state index contributed by atoms with van der Waals surface area (Å²) in [5.74, 6) is -0.618. The first kappa shape index (κ1) is 18.8. The highest BCUT2D eigenvalue weighted by molar-refractivity contribution is 9.10. The maximum atomic E-state index is 12.4. The summed E-state index contributed by atoms with van der Waals surface area (Å²) < 4.78 is 10.7. The third-order valence-corrected chi connectivity index (χ3v) is 5.02. The summed E-state index contributed by atoms with van der Waals surface area (Å²) in [5, 5.41) is 9.82. The number of nitrogens with zero attached hydrogens (tertiary/aromatic N) is 1. The number of hydrogen-bond donors (Lipinski definition) is 1. The molecule has 1 aromatic carbocycles. The number of thiocarbonyl (C=S) groups is 1. The molecule has 0 radical (unpaired) electrons. The Hall–Kier alpha value is -1.58. The third-order valence-electron chi connectivity index (χ3n) is 3.03. The molecular weight excluding hydrogens is 418 g/mol. The van der Waals surface area contributed by atoms with Crippen molar-refractivity contribution < 1.29 is 24.2 Å². The molecule has 9 heteroatoms. The first-order valence-corrected chi connectivity index (χ1v) is 8.86. The number of benzene rings is 1. The Morgan fingerprint density at radius 3 is 2.83 bits per heavy atom. The molecule has 0 spiro atoms. The molecule has 1 fully saturated rings. The number of halogens is 1. The van der Waals surface area contributed by atoms with E-state index in [9.17, 15) is 14.7 Å². The molecule has 1 aliphatic rings. The van der Waals surface area contributed by atoms with Crippen molar-refractivity contribution in [1.29, 1.82) is 0 Å². The largest absolute Gasteiger partial charge is 0.503 e. The standard InChI is InChI=1S/C15H14BrNO5S2/c1-3-22-12(18)7-17-14(20)11(24-15(17)23)6-8-4-9(16)13(19)10(5-8)21-2/h4-6,19H,3,7H2,1-2H3. The summed E-state index contributed by atoms with van der Waals surface area (Å²) in [6.07, 6.45) is 1.62. The van der Waals surface area contributed by atoms with Crippen molar-refractivity contribution in [3.8, 4) is 11.5 Å². The normalized spacial score (nSPS) is 16.0. The molecule has 0 bridgehead atoms. The van der Waals surface area contributed by atoms with Crippen molar-refractivity contribution in [3.63, 3.8) is 0 Å². The molecule has 0 atom stereocenters. The van der Waals surface area contributed by atoms with Crippen LogP contribution in [0.1, 0.15) is 12.5 Å². The zero-order chi connectivity index (χ0) is 17.9. The van der Waals surface area contributed by atoms with Gasteiger partial charge in [0.1, 0.15) is 10.9 Å². The lowest BCUT2D eigenvalue weighted by Crippen LogP contribution is -2.34. The Bertz CT molecular complexity index is 735. The molecule has 1 N–H and O–H groups in total. The fourth-order valence-corrected chi connectivity index (χ4v) is 3.67. The van der Waals surface area contributed by atoms with E-state index in [1.54, 1.807) is 25.1 Å². The van der Waals surface area contributed by atoms with Crippen molar-refractivity contribution in [2.75, 3.05) is 20.3 Å². The van der Waals surface area contributed by atoms with Crippen LogP contribution in [-0.2, 0) is 14.3 Å². The molecule has 1 heterocycles. The average Bonchev–Trinajstić information content (AvgIpc) is 2.78. The van der Waals surface area contributed by atoms with Crippen LogP contribution in [0.3, 0.4) is 0 Å². The van der Waals surface area contributed by atoms with Gasteiger partial charge in [-0.15, -0.1) is 0 Å². The predicted molar refractivity (Wildman–Crippen MR) is 98.9 cm³/mol. The van der Waals surface area contributed by atoms with Crippen LogP contribution in [0.25, 0.3) is 6.08 Å². The van der Waals surface area contributed by atoms with Gasteiger partial charge >= 0.3 is 5.97 Å². The molecule has 0 aromatic heterocycles. The lowest BCUT2D eigenvalue weighted by Gasteiger charge is -2.12. The van der Waals surface area contributed by atoms with Crippen LogP contribution < -0.4 is 4.74 Å². The van der Waals surface area contributed by atoms with Crippen molar-refractivity contribution in [2.24, 2.45) is 0 Å². The van der Waals surface area contributed by atoms with Crippen LogP contribution in [0, 0.1) is 0 Å². The number of hydrogen-bond acceptors (Lipinski definition) is 7. The molecule has 0 saturated carbocycles. The summed E-state index contributed by atoms with van der Waals surface area (Å²) in [6, 6.07) is 3.24. The Morgan fingerprint density at radius 1 is 1.50 bits per heavy atom.